The Hall–Kier alpha value is -2.00. The molecule has 0 aromatic heterocycles. The fraction of sp³-hybridized carbons (Fsp3) is 0.556. The Morgan fingerprint density at radius 1 is 0.667 bits per heavy atom. The number of rotatable bonds is 6. The molecule has 0 bridgehead atoms. The fourth-order valence-electron chi connectivity index (χ4n) is 3.62. The maximum atomic E-state index is 6.68. The molecule has 3 heteroatoms. The predicted octanol–water partition coefficient (Wildman–Crippen LogP) is 7.31. The molecule has 0 aliphatic carbocycles. The van der Waals surface area contributed by atoms with Crippen molar-refractivity contribution in [1.82, 2.24) is 0 Å². The summed E-state index contributed by atoms with van der Waals surface area (Å²) in [6.07, 6.45) is 0. The minimum atomic E-state index is -1.25. The van der Waals surface area contributed by atoms with Gasteiger partial charge in [0.25, 0.3) is 0 Å². The molecular formula is C27H40O3. The van der Waals surface area contributed by atoms with Crippen molar-refractivity contribution in [3.63, 3.8) is 0 Å². The van der Waals surface area contributed by atoms with Crippen LogP contribution in [0.3, 0.4) is 0 Å². The van der Waals surface area contributed by atoms with Gasteiger partial charge in [-0.15, -0.1) is 0 Å². The van der Waals surface area contributed by atoms with Gasteiger partial charge in [-0.25, -0.2) is 0 Å². The summed E-state index contributed by atoms with van der Waals surface area (Å²) in [7, 11) is 1.66. The van der Waals surface area contributed by atoms with E-state index < -0.39 is 5.97 Å². The van der Waals surface area contributed by atoms with Gasteiger partial charge < -0.3 is 14.2 Å². The average Bonchev–Trinajstić information content (AvgIpc) is 2.61. The van der Waals surface area contributed by atoms with Gasteiger partial charge in [0, 0.05) is 18.2 Å². The summed E-state index contributed by atoms with van der Waals surface area (Å²) in [4.78, 5) is 0. The van der Waals surface area contributed by atoms with Crippen LogP contribution >= 0.6 is 0 Å². The number of aryl methyl sites for hydroxylation is 2. The molecule has 0 saturated carbocycles. The number of methoxy groups -OCH3 is 1. The van der Waals surface area contributed by atoms with E-state index in [0.29, 0.717) is 0 Å². The molecule has 0 N–H and O–H groups in total. The molecule has 0 fully saturated rings. The zero-order valence-electron chi connectivity index (χ0n) is 20.8. The van der Waals surface area contributed by atoms with E-state index in [1.54, 1.807) is 7.11 Å². The van der Waals surface area contributed by atoms with Gasteiger partial charge in [-0.05, 0) is 35.8 Å². The second-order valence-electron chi connectivity index (χ2n) is 10.6. The van der Waals surface area contributed by atoms with E-state index in [0.717, 1.165) is 33.8 Å². The molecule has 0 amide bonds. The first-order chi connectivity index (χ1) is 13.7. The highest BCUT2D eigenvalue weighted by molar-refractivity contribution is 5.46. The lowest BCUT2D eigenvalue weighted by Crippen LogP contribution is -2.50. The van der Waals surface area contributed by atoms with Crippen LogP contribution < -0.4 is 9.47 Å². The molecule has 2 rings (SSSR count). The van der Waals surface area contributed by atoms with Crippen LogP contribution in [-0.4, -0.2) is 13.1 Å². The minimum absolute atomic E-state index is 0.0534. The molecule has 3 nitrogen and oxygen atoms in total. The van der Waals surface area contributed by atoms with E-state index in [1.165, 1.54) is 0 Å². The van der Waals surface area contributed by atoms with Crippen LogP contribution in [0.25, 0.3) is 0 Å². The summed E-state index contributed by atoms with van der Waals surface area (Å²) in [5, 5.41) is 0. The molecule has 2 aromatic carbocycles. The molecule has 30 heavy (non-hydrogen) atoms. The monoisotopic (exact) mass is 412 g/mol. The second kappa shape index (κ2) is 8.63. The van der Waals surface area contributed by atoms with Gasteiger partial charge in [0.1, 0.15) is 11.5 Å². The number of benzene rings is 2. The van der Waals surface area contributed by atoms with Crippen molar-refractivity contribution in [2.75, 3.05) is 7.11 Å². The van der Waals surface area contributed by atoms with Crippen LogP contribution in [0.4, 0.5) is 0 Å². The standard InChI is InChI=1S/C27H40O3/c1-18(2)27(28-11,29-23-19(3)14-12-16-21(23)25(5,6)7)30-24-20(4)15-13-17-22(24)26(8,9)10/h12-18H,1-11H3. The third-order valence-electron chi connectivity index (χ3n) is 5.52. The summed E-state index contributed by atoms with van der Waals surface area (Å²) < 4.78 is 19.4. The third-order valence-corrected chi connectivity index (χ3v) is 5.52. The zero-order chi connectivity index (χ0) is 22.9. The van der Waals surface area contributed by atoms with E-state index in [9.17, 15) is 0 Å². The Balaban J connectivity index is 2.64. The molecule has 0 aliphatic rings. The predicted molar refractivity (Wildman–Crippen MR) is 126 cm³/mol. The lowest BCUT2D eigenvalue weighted by atomic mass is 9.85. The molecule has 0 unspecified atom stereocenters. The van der Waals surface area contributed by atoms with Crippen LogP contribution in [0.1, 0.15) is 77.6 Å². The average molecular weight is 413 g/mol. The maximum Gasteiger partial charge on any atom is 0.373 e. The molecule has 0 saturated heterocycles. The van der Waals surface area contributed by atoms with Crippen LogP contribution in [0.5, 0.6) is 11.5 Å². The topological polar surface area (TPSA) is 27.7 Å². The number of ether oxygens (including phenoxy) is 3. The second-order valence-corrected chi connectivity index (χ2v) is 10.6. The summed E-state index contributed by atoms with van der Waals surface area (Å²) in [6.45, 7) is 21.4. The number of para-hydroxylation sites is 2. The highest BCUT2D eigenvalue weighted by Gasteiger charge is 2.43. The van der Waals surface area contributed by atoms with E-state index in [1.807, 2.05) is 0 Å². The first kappa shape index (κ1) is 24.3. The summed E-state index contributed by atoms with van der Waals surface area (Å²) in [5.41, 5.74) is 4.25. The Bertz CT molecular complexity index is 801. The molecule has 0 atom stereocenters. The van der Waals surface area contributed by atoms with Crippen molar-refractivity contribution in [3.8, 4) is 11.5 Å². The van der Waals surface area contributed by atoms with Crippen molar-refractivity contribution in [2.24, 2.45) is 5.92 Å². The van der Waals surface area contributed by atoms with Gasteiger partial charge in [0.15, 0.2) is 0 Å². The lowest BCUT2D eigenvalue weighted by molar-refractivity contribution is -0.314. The van der Waals surface area contributed by atoms with E-state index >= 15 is 0 Å². The first-order valence-corrected chi connectivity index (χ1v) is 10.9. The number of hydrogen-bond acceptors (Lipinski definition) is 3. The van der Waals surface area contributed by atoms with Gasteiger partial charge in [0.2, 0.25) is 0 Å². The molecule has 0 heterocycles. The quantitative estimate of drug-likeness (QED) is 0.465. The van der Waals surface area contributed by atoms with Crippen molar-refractivity contribution in [2.45, 2.75) is 86.0 Å². The van der Waals surface area contributed by atoms with Crippen molar-refractivity contribution in [1.29, 1.82) is 0 Å². The normalized spacial score (nSPS) is 12.9. The zero-order valence-corrected chi connectivity index (χ0v) is 20.8. The molecular weight excluding hydrogens is 372 g/mol. The Kier molecular flexibility index (Phi) is 6.98. The van der Waals surface area contributed by atoms with E-state index in [4.69, 9.17) is 14.2 Å². The van der Waals surface area contributed by atoms with Crippen LogP contribution in [0.15, 0.2) is 36.4 Å². The van der Waals surface area contributed by atoms with E-state index in [2.05, 4.69) is 106 Å². The van der Waals surface area contributed by atoms with Gasteiger partial charge in [-0.3, -0.25) is 0 Å². The van der Waals surface area contributed by atoms with Crippen LogP contribution in [-0.2, 0) is 15.6 Å². The third kappa shape index (κ3) is 5.00. The molecule has 0 spiro atoms. The molecule has 2 aromatic rings. The van der Waals surface area contributed by atoms with Gasteiger partial charge in [0.05, 0.1) is 5.92 Å². The van der Waals surface area contributed by atoms with Crippen LogP contribution in [0, 0.1) is 19.8 Å². The molecule has 0 radical (unpaired) electrons. The molecule has 0 aliphatic heterocycles. The maximum absolute atomic E-state index is 6.68. The van der Waals surface area contributed by atoms with Crippen molar-refractivity contribution >= 4 is 0 Å². The highest BCUT2D eigenvalue weighted by Crippen LogP contribution is 2.41. The largest absolute Gasteiger partial charge is 0.429 e. The lowest BCUT2D eigenvalue weighted by Gasteiger charge is -2.39. The SMILES string of the molecule is COC(Oc1c(C)cccc1C(C)(C)C)(Oc1c(C)cccc1C(C)(C)C)C(C)C. The molecule has 166 valence electrons. The minimum Gasteiger partial charge on any atom is -0.429 e. The Labute approximate surface area is 183 Å². The van der Waals surface area contributed by atoms with Crippen LogP contribution in [0.2, 0.25) is 0 Å². The van der Waals surface area contributed by atoms with Gasteiger partial charge in [-0.1, -0.05) is 91.8 Å². The Morgan fingerprint density at radius 2 is 1.03 bits per heavy atom. The summed E-state index contributed by atoms with van der Waals surface area (Å²) in [5.74, 6) is 0.346. The Morgan fingerprint density at radius 3 is 1.30 bits per heavy atom. The highest BCUT2D eigenvalue weighted by atomic mass is 16.9. The van der Waals surface area contributed by atoms with Gasteiger partial charge >= 0.3 is 5.97 Å². The van der Waals surface area contributed by atoms with E-state index in [-0.39, 0.29) is 16.7 Å². The van der Waals surface area contributed by atoms with Crippen molar-refractivity contribution in [3.05, 3.63) is 58.7 Å². The fourth-order valence-corrected chi connectivity index (χ4v) is 3.62. The van der Waals surface area contributed by atoms with Gasteiger partial charge in [-0.2, -0.15) is 0 Å². The number of hydrogen-bond donors (Lipinski definition) is 0. The summed E-state index contributed by atoms with van der Waals surface area (Å²) >= 11 is 0. The van der Waals surface area contributed by atoms with Crippen molar-refractivity contribution < 1.29 is 14.2 Å². The smallest absolute Gasteiger partial charge is 0.373 e. The summed E-state index contributed by atoms with van der Waals surface area (Å²) in [6, 6.07) is 12.5. The first-order valence-electron chi connectivity index (χ1n) is 10.9.